The van der Waals surface area contributed by atoms with Crippen molar-refractivity contribution in [3.63, 3.8) is 0 Å². The van der Waals surface area contributed by atoms with E-state index in [-0.39, 0.29) is 0 Å². The molecular formula is C19H21F3. The van der Waals surface area contributed by atoms with Crippen molar-refractivity contribution in [2.45, 2.75) is 45.7 Å². The highest BCUT2D eigenvalue weighted by atomic mass is 19.4. The fraction of sp³-hybridized carbons (Fsp3) is 0.368. The molecule has 0 amide bonds. The van der Waals surface area contributed by atoms with E-state index in [1.807, 2.05) is 6.07 Å². The second-order valence-electron chi connectivity index (χ2n) is 6.20. The van der Waals surface area contributed by atoms with Gasteiger partial charge in [-0.1, -0.05) is 58.0 Å². The molecule has 22 heavy (non-hydrogen) atoms. The van der Waals surface area contributed by atoms with E-state index in [1.165, 1.54) is 11.1 Å². The zero-order valence-corrected chi connectivity index (χ0v) is 13.3. The predicted molar refractivity (Wildman–Crippen MR) is 85.1 cm³/mol. The average molecular weight is 306 g/mol. The number of hydrogen-bond donors (Lipinski definition) is 0. The summed E-state index contributed by atoms with van der Waals surface area (Å²) in [5.41, 5.74) is 3.66. The Hall–Kier alpha value is -1.77. The van der Waals surface area contributed by atoms with Gasteiger partial charge in [0.1, 0.15) is 0 Å². The van der Waals surface area contributed by atoms with Crippen molar-refractivity contribution in [2.24, 2.45) is 0 Å². The largest absolute Gasteiger partial charge is 0.416 e. The van der Waals surface area contributed by atoms with Crippen LogP contribution in [-0.4, -0.2) is 0 Å². The van der Waals surface area contributed by atoms with Crippen molar-refractivity contribution in [3.8, 4) is 11.1 Å². The fourth-order valence-corrected chi connectivity index (χ4v) is 2.71. The van der Waals surface area contributed by atoms with Crippen LogP contribution in [0.25, 0.3) is 11.1 Å². The lowest BCUT2D eigenvalue weighted by Gasteiger charge is -2.20. The minimum absolute atomic E-state index is 0.316. The van der Waals surface area contributed by atoms with Crippen LogP contribution < -0.4 is 0 Å². The van der Waals surface area contributed by atoms with Gasteiger partial charge in [-0.2, -0.15) is 13.2 Å². The molecule has 2 aromatic rings. The third kappa shape index (κ3) is 3.34. The lowest BCUT2D eigenvalue weighted by atomic mass is 9.85. The van der Waals surface area contributed by atoms with Gasteiger partial charge in [0, 0.05) is 0 Å². The van der Waals surface area contributed by atoms with E-state index in [0.29, 0.717) is 11.8 Å². The van der Waals surface area contributed by atoms with Crippen molar-refractivity contribution in [1.82, 2.24) is 0 Å². The van der Waals surface area contributed by atoms with Gasteiger partial charge in [0.25, 0.3) is 0 Å². The molecule has 0 spiro atoms. The van der Waals surface area contributed by atoms with E-state index in [2.05, 4.69) is 39.8 Å². The molecule has 2 rings (SSSR count). The maximum Gasteiger partial charge on any atom is 0.416 e. The molecule has 0 aliphatic heterocycles. The van der Waals surface area contributed by atoms with E-state index in [4.69, 9.17) is 0 Å². The summed E-state index contributed by atoms with van der Waals surface area (Å²) < 4.78 is 38.2. The smallest absolute Gasteiger partial charge is 0.166 e. The van der Waals surface area contributed by atoms with Crippen LogP contribution in [0.3, 0.4) is 0 Å². The van der Waals surface area contributed by atoms with Crippen LogP contribution in [0.5, 0.6) is 0 Å². The minimum atomic E-state index is -4.29. The van der Waals surface area contributed by atoms with Gasteiger partial charge in [-0.15, -0.1) is 0 Å². The fourth-order valence-electron chi connectivity index (χ4n) is 2.71. The number of benzene rings is 2. The summed E-state index contributed by atoms with van der Waals surface area (Å²) in [6, 6.07) is 11.6. The molecule has 0 radical (unpaired) electrons. The molecular weight excluding hydrogens is 285 g/mol. The van der Waals surface area contributed by atoms with E-state index in [1.54, 1.807) is 12.1 Å². The van der Waals surface area contributed by atoms with Crippen molar-refractivity contribution in [2.75, 3.05) is 0 Å². The van der Waals surface area contributed by atoms with Crippen molar-refractivity contribution < 1.29 is 13.2 Å². The number of alkyl halides is 3. The first kappa shape index (κ1) is 16.6. The lowest BCUT2D eigenvalue weighted by Crippen LogP contribution is -2.05. The Morgan fingerprint density at radius 1 is 0.727 bits per heavy atom. The normalized spacial score (nSPS) is 12.2. The molecule has 118 valence electrons. The van der Waals surface area contributed by atoms with Gasteiger partial charge in [0.05, 0.1) is 5.56 Å². The first-order chi connectivity index (χ1) is 10.2. The molecule has 0 nitrogen and oxygen atoms in total. The van der Waals surface area contributed by atoms with Crippen LogP contribution in [-0.2, 0) is 6.18 Å². The molecule has 0 unspecified atom stereocenters. The van der Waals surface area contributed by atoms with Gasteiger partial charge in [-0.3, -0.25) is 0 Å². The molecule has 0 aliphatic carbocycles. The monoisotopic (exact) mass is 306 g/mol. The molecule has 0 fully saturated rings. The lowest BCUT2D eigenvalue weighted by molar-refractivity contribution is -0.137. The first-order valence-corrected chi connectivity index (χ1v) is 7.52. The Morgan fingerprint density at radius 3 is 1.55 bits per heavy atom. The molecule has 0 N–H and O–H groups in total. The van der Waals surface area contributed by atoms with Crippen LogP contribution in [0, 0.1) is 0 Å². The molecule has 0 saturated carbocycles. The van der Waals surface area contributed by atoms with Crippen LogP contribution >= 0.6 is 0 Å². The summed E-state index contributed by atoms with van der Waals surface area (Å²) in [6.07, 6.45) is -4.29. The molecule has 2 aromatic carbocycles. The minimum Gasteiger partial charge on any atom is -0.166 e. The zero-order valence-electron chi connectivity index (χ0n) is 13.3. The van der Waals surface area contributed by atoms with Crippen LogP contribution in [0.4, 0.5) is 13.2 Å². The molecule has 0 atom stereocenters. The van der Waals surface area contributed by atoms with E-state index in [9.17, 15) is 13.2 Å². The number of hydrogen-bond acceptors (Lipinski definition) is 0. The topological polar surface area (TPSA) is 0 Å². The summed E-state index contributed by atoms with van der Waals surface area (Å²) >= 11 is 0. The Balaban J connectivity index is 2.60. The van der Waals surface area contributed by atoms with Gasteiger partial charge in [0.15, 0.2) is 0 Å². The quantitative estimate of drug-likeness (QED) is 0.598. The SMILES string of the molecule is CC(C)c1cccc(C(C)C)c1-c1ccc(C(F)(F)F)cc1. The molecule has 0 saturated heterocycles. The van der Waals surface area contributed by atoms with Crippen molar-refractivity contribution in [3.05, 3.63) is 59.2 Å². The van der Waals surface area contributed by atoms with Gasteiger partial charge in [-0.25, -0.2) is 0 Å². The third-order valence-corrected chi connectivity index (χ3v) is 3.87. The van der Waals surface area contributed by atoms with Crippen LogP contribution in [0.15, 0.2) is 42.5 Å². The third-order valence-electron chi connectivity index (χ3n) is 3.87. The Kier molecular flexibility index (Phi) is 4.64. The van der Waals surface area contributed by atoms with Gasteiger partial charge >= 0.3 is 6.18 Å². The molecule has 3 heteroatoms. The highest BCUT2D eigenvalue weighted by molar-refractivity contribution is 5.72. The summed E-state index contributed by atoms with van der Waals surface area (Å²) in [7, 11) is 0. The van der Waals surface area contributed by atoms with Gasteiger partial charge in [-0.05, 0) is 46.2 Å². The summed E-state index contributed by atoms with van der Waals surface area (Å²) in [5, 5.41) is 0. The Morgan fingerprint density at radius 2 is 1.18 bits per heavy atom. The molecule has 0 bridgehead atoms. The summed E-state index contributed by atoms with van der Waals surface area (Å²) in [4.78, 5) is 0. The highest BCUT2D eigenvalue weighted by Gasteiger charge is 2.30. The number of rotatable bonds is 3. The standard InChI is InChI=1S/C19H21F3/c1-12(2)16-6-5-7-17(13(3)4)18(16)14-8-10-15(11-9-14)19(20,21)22/h5-13H,1-4H3. The first-order valence-electron chi connectivity index (χ1n) is 7.52. The Labute approximate surface area is 130 Å². The summed E-state index contributed by atoms with van der Waals surface area (Å²) in [6.45, 7) is 8.42. The second-order valence-corrected chi connectivity index (χ2v) is 6.20. The van der Waals surface area contributed by atoms with Gasteiger partial charge < -0.3 is 0 Å². The van der Waals surface area contributed by atoms with Crippen molar-refractivity contribution in [1.29, 1.82) is 0 Å². The maximum atomic E-state index is 12.7. The summed E-state index contributed by atoms with van der Waals surface area (Å²) in [5.74, 6) is 0.631. The predicted octanol–water partition coefficient (Wildman–Crippen LogP) is 6.62. The average Bonchev–Trinajstić information content (AvgIpc) is 2.45. The zero-order chi connectivity index (χ0) is 16.5. The molecule has 0 aliphatic rings. The van der Waals surface area contributed by atoms with Crippen molar-refractivity contribution >= 4 is 0 Å². The maximum absolute atomic E-state index is 12.7. The molecule has 0 heterocycles. The second kappa shape index (κ2) is 6.15. The van der Waals surface area contributed by atoms with Crippen LogP contribution in [0.2, 0.25) is 0 Å². The van der Waals surface area contributed by atoms with E-state index < -0.39 is 11.7 Å². The van der Waals surface area contributed by atoms with Crippen LogP contribution in [0.1, 0.15) is 56.2 Å². The van der Waals surface area contributed by atoms with Gasteiger partial charge in [0.2, 0.25) is 0 Å². The Bertz CT molecular complexity index is 608. The van der Waals surface area contributed by atoms with E-state index in [0.717, 1.165) is 23.3 Å². The highest BCUT2D eigenvalue weighted by Crippen LogP contribution is 2.37. The number of halogens is 3. The molecule has 0 aromatic heterocycles. The van der Waals surface area contributed by atoms with E-state index >= 15 is 0 Å².